The summed E-state index contributed by atoms with van der Waals surface area (Å²) >= 11 is 0. The van der Waals surface area contributed by atoms with Crippen LogP contribution in [0.2, 0.25) is 0 Å². The summed E-state index contributed by atoms with van der Waals surface area (Å²) in [7, 11) is 0. The summed E-state index contributed by atoms with van der Waals surface area (Å²) in [4.78, 5) is 14.6. The lowest BCUT2D eigenvalue weighted by Gasteiger charge is -2.16. The number of nitrogens with two attached hydrogens (primary N) is 1. The first-order valence-electron chi connectivity index (χ1n) is 7.61. The van der Waals surface area contributed by atoms with Gasteiger partial charge >= 0.3 is 0 Å². The highest BCUT2D eigenvalue weighted by Crippen LogP contribution is 2.30. The molecule has 1 fully saturated rings. The average Bonchev–Trinajstić information content (AvgIpc) is 3.16. The normalized spacial score (nSPS) is 18.4. The third-order valence-electron chi connectivity index (χ3n) is 4.35. The molecule has 1 unspecified atom stereocenters. The van der Waals surface area contributed by atoms with Crippen LogP contribution in [0.4, 0.5) is 5.69 Å². The van der Waals surface area contributed by atoms with Crippen LogP contribution in [-0.4, -0.2) is 43.9 Å². The monoisotopic (exact) mass is 302 g/mol. The fraction of sp³-hybridized carbons (Fsp3) is 0.533. The van der Waals surface area contributed by atoms with Crippen molar-refractivity contribution in [2.45, 2.75) is 39.2 Å². The fourth-order valence-electron chi connectivity index (χ4n) is 3.14. The topological polar surface area (TPSA) is 92.8 Å². The Morgan fingerprint density at radius 1 is 1.45 bits per heavy atom. The standard InChI is InChI=1S/C15H22N6O/c1-9(2)21-10(3)12(6-18-21)15(22)20-5-4-11(8-20)14-13(16)7-17-19-14/h6-7,9,11H,4-5,8,16H2,1-3H3,(H,17,19). The predicted octanol–water partition coefficient (Wildman–Crippen LogP) is 1.71. The van der Waals surface area contributed by atoms with Gasteiger partial charge in [-0.05, 0) is 27.2 Å². The Hall–Kier alpha value is -2.31. The second kappa shape index (κ2) is 5.47. The van der Waals surface area contributed by atoms with E-state index < -0.39 is 0 Å². The van der Waals surface area contributed by atoms with Gasteiger partial charge in [0.2, 0.25) is 0 Å². The molecular weight excluding hydrogens is 280 g/mol. The second-order valence-electron chi connectivity index (χ2n) is 6.16. The average molecular weight is 302 g/mol. The van der Waals surface area contributed by atoms with E-state index >= 15 is 0 Å². The number of carbonyl (C=O) groups excluding carboxylic acids is 1. The van der Waals surface area contributed by atoms with E-state index in [1.54, 1.807) is 12.4 Å². The van der Waals surface area contributed by atoms with Gasteiger partial charge in [0.1, 0.15) is 0 Å². The van der Waals surface area contributed by atoms with E-state index in [2.05, 4.69) is 29.1 Å². The highest BCUT2D eigenvalue weighted by atomic mass is 16.2. The van der Waals surface area contributed by atoms with E-state index in [0.29, 0.717) is 17.8 Å². The number of amides is 1. The fourth-order valence-corrected chi connectivity index (χ4v) is 3.14. The first kappa shape index (κ1) is 14.6. The molecule has 3 rings (SSSR count). The molecule has 7 heteroatoms. The zero-order valence-electron chi connectivity index (χ0n) is 13.2. The summed E-state index contributed by atoms with van der Waals surface area (Å²) in [6.07, 6.45) is 4.20. The number of nitrogen functional groups attached to an aromatic ring is 1. The molecule has 1 aliphatic rings. The molecule has 0 aromatic carbocycles. The Labute approximate surface area is 129 Å². The molecule has 3 N–H and O–H groups in total. The second-order valence-corrected chi connectivity index (χ2v) is 6.16. The molecule has 22 heavy (non-hydrogen) atoms. The Kier molecular flexibility index (Phi) is 3.64. The van der Waals surface area contributed by atoms with E-state index in [0.717, 1.165) is 24.4 Å². The number of likely N-dealkylation sites (tertiary alicyclic amines) is 1. The maximum atomic E-state index is 12.7. The molecule has 7 nitrogen and oxygen atoms in total. The van der Waals surface area contributed by atoms with Crippen molar-refractivity contribution in [3.8, 4) is 0 Å². The number of carbonyl (C=O) groups is 1. The van der Waals surface area contributed by atoms with Crippen LogP contribution >= 0.6 is 0 Å². The van der Waals surface area contributed by atoms with E-state index in [1.807, 2.05) is 16.5 Å². The molecule has 0 aliphatic carbocycles. The quantitative estimate of drug-likeness (QED) is 0.902. The number of H-pyrrole nitrogens is 1. The Morgan fingerprint density at radius 2 is 2.23 bits per heavy atom. The number of hydrogen-bond donors (Lipinski definition) is 2. The van der Waals surface area contributed by atoms with Crippen molar-refractivity contribution in [3.05, 3.63) is 29.3 Å². The van der Waals surface area contributed by atoms with Crippen LogP contribution in [0.1, 0.15) is 54.0 Å². The van der Waals surface area contributed by atoms with Gasteiger partial charge in [-0.2, -0.15) is 10.2 Å². The summed E-state index contributed by atoms with van der Waals surface area (Å²) in [5, 5.41) is 11.2. The van der Waals surface area contributed by atoms with Crippen molar-refractivity contribution in [2.24, 2.45) is 0 Å². The summed E-state index contributed by atoms with van der Waals surface area (Å²) in [6.45, 7) is 7.45. The lowest BCUT2D eigenvalue weighted by atomic mass is 10.0. The number of aromatic nitrogens is 4. The zero-order valence-corrected chi connectivity index (χ0v) is 13.2. The van der Waals surface area contributed by atoms with Crippen LogP contribution in [0.25, 0.3) is 0 Å². The molecule has 2 aromatic rings. The minimum absolute atomic E-state index is 0.0463. The van der Waals surface area contributed by atoms with Gasteiger partial charge in [0.15, 0.2) is 0 Å². The number of hydrogen-bond acceptors (Lipinski definition) is 4. The number of rotatable bonds is 3. The van der Waals surface area contributed by atoms with Gasteiger partial charge < -0.3 is 10.6 Å². The third kappa shape index (κ3) is 2.36. The number of nitrogens with one attached hydrogen (secondary N) is 1. The van der Waals surface area contributed by atoms with Gasteiger partial charge in [-0.25, -0.2) is 0 Å². The lowest BCUT2D eigenvalue weighted by molar-refractivity contribution is 0.0789. The highest BCUT2D eigenvalue weighted by Gasteiger charge is 2.31. The summed E-state index contributed by atoms with van der Waals surface area (Å²) < 4.78 is 1.88. The molecular formula is C15H22N6O. The molecule has 0 bridgehead atoms. The van der Waals surface area contributed by atoms with Gasteiger partial charge in [-0.3, -0.25) is 14.6 Å². The third-order valence-corrected chi connectivity index (χ3v) is 4.35. The number of nitrogens with zero attached hydrogens (tertiary/aromatic N) is 4. The minimum atomic E-state index is 0.0463. The Balaban J connectivity index is 1.76. The van der Waals surface area contributed by atoms with Crippen molar-refractivity contribution in [1.29, 1.82) is 0 Å². The molecule has 3 heterocycles. The van der Waals surface area contributed by atoms with E-state index in [1.165, 1.54) is 0 Å². The van der Waals surface area contributed by atoms with Gasteiger partial charge in [-0.1, -0.05) is 0 Å². The molecule has 1 amide bonds. The van der Waals surface area contributed by atoms with Crippen molar-refractivity contribution in [1.82, 2.24) is 24.9 Å². The molecule has 1 atom stereocenters. The van der Waals surface area contributed by atoms with Gasteiger partial charge in [0, 0.05) is 30.7 Å². The van der Waals surface area contributed by atoms with Crippen LogP contribution in [0.3, 0.4) is 0 Å². The predicted molar refractivity (Wildman–Crippen MR) is 83.6 cm³/mol. The van der Waals surface area contributed by atoms with Gasteiger partial charge in [0.25, 0.3) is 5.91 Å². The number of aromatic amines is 1. The molecule has 0 spiro atoms. The zero-order chi connectivity index (χ0) is 15.9. The van der Waals surface area contributed by atoms with Crippen molar-refractivity contribution >= 4 is 11.6 Å². The molecule has 2 aromatic heterocycles. The van der Waals surface area contributed by atoms with Crippen LogP contribution < -0.4 is 5.73 Å². The first-order chi connectivity index (χ1) is 10.5. The molecule has 1 aliphatic heterocycles. The molecule has 118 valence electrons. The molecule has 0 saturated carbocycles. The van der Waals surface area contributed by atoms with Crippen LogP contribution in [0, 0.1) is 6.92 Å². The molecule has 1 saturated heterocycles. The van der Waals surface area contributed by atoms with E-state index in [4.69, 9.17) is 5.73 Å². The maximum Gasteiger partial charge on any atom is 0.257 e. The van der Waals surface area contributed by atoms with Crippen LogP contribution in [-0.2, 0) is 0 Å². The SMILES string of the molecule is Cc1c(C(=O)N2CCC(c3[nH]ncc3N)C2)cnn1C(C)C. The largest absolute Gasteiger partial charge is 0.396 e. The maximum absolute atomic E-state index is 12.7. The van der Waals surface area contributed by atoms with Crippen molar-refractivity contribution < 1.29 is 4.79 Å². The molecule has 0 radical (unpaired) electrons. The summed E-state index contributed by atoms with van der Waals surface area (Å²) in [6, 6.07) is 0.248. The lowest BCUT2D eigenvalue weighted by Crippen LogP contribution is -2.29. The van der Waals surface area contributed by atoms with Gasteiger partial charge in [-0.15, -0.1) is 0 Å². The van der Waals surface area contributed by atoms with Gasteiger partial charge in [0.05, 0.1) is 29.3 Å². The Morgan fingerprint density at radius 3 is 2.82 bits per heavy atom. The first-order valence-corrected chi connectivity index (χ1v) is 7.61. The number of anilines is 1. The van der Waals surface area contributed by atoms with E-state index in [9.17, 15) is 4.79 Å². The van der Waals surface area contributed by atoms with Crippen LogP contribution in [0.5, 0.6) is 0 Å². The smallest absolute Gasteiger partial charge is 0.257 e. The van der Waals surface area contributed by atoms with Crippen LogP contribution in [0.15, 0.2) is 12.4 Å². The van der Waals surface area contributed by atoms with Crippen molar-refractivity contribution in [2.75, 3.05) is 18.8 Å². The summed E-state index contributed by atoms with van der Waals surface area (Å²) in [5.41, 5.74) is 9.12. The Bertz CT molecular complexity index is 686. The highest BCUT2D eigenvalue weighted by molar-refractivity contribution is 5.95. The van der Waals surface area contributed by atoms with Crippen molar-refractivity contribution in [3.63, 3.8) is 0 Å². The summed E-state index contributed by atoms with van der Waals surface area (Å²) in [5.74, 6) is 0.275. The van der Waals surface area contributed by atoms with E-state index in [-0.39, 0.29) is 17.9 Å². The minimum Gasteiger partial charge on any atom is -0.396 e.